The minimum atomic E-state index is 0.621. The molecule has 0 saturated carbocycles. The third-order valence-electron chi connectivity index (χ3n) is 4.51. The third-order valence-corrected chi connectivity index (χ3v) is 4.51. The minimum absolute atomic E-state index is 0.621. The molecule has 1 N–H and O–H groups in total. The smallest absolute Gasteiger partial charge is 0.166 e. The Morgan fingerprint density at radius 1 is 0.963 bits per heavy atom. The van der Waals surface area contributed by atoms with Crippen LogP contribution in [0.5, 0.6) is 0 Å². The van der Waals surface area contributed by atoms with E-state index in [1.165, 1.54) is 0 Å². The van der Waals surface area contributed by atoms with Crippen molar-refractivity contribution in [3.63, 3.8) is 0 Å². The van der Waals surface area contributed by atoms with Crippen LogP contribution in [0, 0.1) is 6.92 Å². The molecule has 0 radical (unpaired) electrons. The summed E-state index contributed by atoms with van der Waals surface area (Å²) in [5.41, 5.74) is 5.97. The molecule has 4 rings (SSSR count). The van der Waals surface area contributed by atoms with Crippen LogP contribution in [0.1, 0.15) is 5.69 Å². The zero-order valence-electron chi connectivity index (χ0n) is 15.5. The van der Waals surface area contributed by atoms with Crippen molar-refractivity contribution >= 4 is 11.5 Å². The molecule has 0 bridgehead atoms. The number of nitrogens with zero attached hydrogens (tertiary/aromatic N) is 3. The Hall–Kier alpha value is -3.18. The van der Waals surface area contributed by atoms with Crippen LogP contribution in [0.3, 0.4) is 0 Å². The lowest BCUT2D eigenvalue weighted by Gasteiger charge is -2.11. The molecule has 5 heteroatoms. The largest absolute Gasteiger partial charge is 0.383 e. The standard InChI is InChI=1S/C22H22N4O/c1-16-21(18-11-7-4-8-12-18)22-24-19(17-9-5-3-6-10-17)15-20(26(22)25-16)23-13-14-27-2/h3-12,15,23H,13-14H2,1-2H3. The van der Waals surface area contributed by atoms with Crippen molar-refractivity contribution in [2.45, 2.75) is 6.92 Å². The Bertz CT molecular complexity index is 1040. The summed E-state index contributed by atoms with van der Waals surface area (Å²) in [5, 5.41) is 8.18. The van der Waals surface area contributed by atoms with E-state index in [2.05, 4.69) is 29.6 Å². The van der Waals surface area contributed by atoms with Gasteiger partial charge in [-0.1, -0.05) is 60.7 Å². The van der Waals surface area contributed by atoms with Gasteiger partial charge in [-0.15, -0.1) is 0 Å². The number of methoxy groups -OCH3 is 1. The Kier molecular flexibility index (Phi) is 4.85. The maximum absolute atomic E-state index is 5.18. The molecular weight excluding hydrogens is 336 g/mol. The highest BCUT2D eigenvalue weighted by atomic mass is 16.5. The predicted octanol–water partition coefficient (Wildman–Crippen LogP) is 4.43. The lowest BCUT2D eigenvalue weighted by atomic mass is 10.1. The van der Waals surface area contributed by atoms with E-state index in [-0.39, 0.29) is 0 Å². The molecule has 4 aromatic rings. The molecule has 0 aliphatic heterocycles. The maximum atomic E-state index is 5.18. The van der Waals surface area contributed by atoms with E-state index in [1.54, 1.807) is 7.11 Å². The summed E-state index contributed by atoms with van der Waals surface area (Å²) >= 11 is 0. The van der Waals surface area contributed by atoms with Gasteiger partial charge in [0.15, 0.2) is 5.65 Å². The summed E-state index contributed by atoms with van der Waals surface area (Å²) in [6.45, 7) is 3.35. The number of fused-ring (bicyclic) bond motifs is 1. The number of aromatic nitrogens is 3. The second-order valence-electron chi connectivity index (χ2n) is 6.37. The molecule has 0 aliphatic carbocycles. The van der Waals surface area contributed by atoms with Gasteiger partial charge in [0, 0.05) is 30.8 Å². The number of rotatable bonds is 6. The van der Waals surface area contributed by atoms with E-state index in [1.807, 2.05) is 53.9 Å². The first-order valence-electron chi connectivity index (χ1n) is 9.02. The molecule has 136 valence electrons. The van der Waals surface area contributed by atoms with Gasteiger partial charge >= 0.3 is 0 Å². The van der Waals surface area contributed by atoms with E-state index < -0.39 is 0 Å². The molecule has 0 spiro atoms. The van der Waals surface area contributed by atoms with Crippen molar-refractivity contribution in [3.8, 4) is 22.4 Å². The first-order chi connectivity index (χ1) is 13.3. The average molecular weight is 358 g/mol. The van der Waals surface area contributed by atoms with Crippen molar-refractivity contribution < 1.29 is 4.74 Å². The third kappa shape index (κ3) is 3.41. The van der Waals surface area contributed by atoms with Crippen molar-refractivity contribution in [3.05, 3.63) is 72.4 Å². The molecule has 0 fully saturated rings. The van der Waals surface area contributed by atoms with Gasteiger partial charge in [-0.3, -0.25) is 0 Å². The Labute approximate surface area is 158 Å². The summed E-state index contributed by atoms with van der Waals surface area (Å²) in [6.07, 6.45) is 0. The molecule has 2 aromatic carbocycles. The van der Waals surface area contributed by atoms with E-state index in [0.29, 0.717) is 13.2 Å². The summed E-state index contributed by atoms with van der Waals surface area (Å²) in [4.78, 5) is 4.96. The Balaban J connectivity index is 1.92. The van der Waals surface area contributed by atoms with Gasteiger partial charge in [0.25, 0.3) is 0 Å². The van der Waals surface area contributed by atoms with Crippen molar-refractivity contribution in [2.24, 2.45) is 0 Å². The lowest BCUT2D eigenvalue weighted by Crippen LogP contribution is -2.12. The number of hydrogen-bond acceptors (Lipinski definition) is 4. The average Bonchev–Trinajstić information content (AvgIpc) is 3.05. The number of ether oxygens (including phenoxy) is 1. The monoisotopic (exact) mass is 358 g/mol. The molecule has 0 unspecified atom stereocenters. The van der Waals surface area contributed by atoms with Crippen LogP contribution in [0.25, 0.3) is 28.0 Å². The van der Waals surface area contributed by atoms with E-state index in [9.17, 15) is 0 Å². The number of benzene rings is 2. The summed E-state index contributed by atoms with van der Waals surface area (Å²) in [7, 11) is 1.70. The Morgan fingerprint density at radius 2 is 1.63 bits per heavy atom. The number of hydrogen-bond donors (Lipinski definition) is 1. The summed E-state index contributed by atoms with van der Waals surface area (Å²) < 4.78 is 7.07. The predicted molar refractivity (Wildman–Crippen MR) is 109 cm³/mol. The molecule has 0 atom stereocenters. The molecule has 2 heterocycles. The van der Waals surface area contributed by atoms with Crippen molar-refractivity contribution in [1.29, 1.82) is 0 Å². The molecule has 5 nitrogen and oxygen atoms in total. The van der Waals surface area contributed by atoms with E-state index in [0.717, 1.165) is 39.5 Å². The zero-order valence-corrected chi connectivity index (χ0v) is 15.5. The highest BCUT2D eigenvalue weighted by molar-refractivity contribution is 5.82. The first kappa shape index (κ1) is 17.2. The van der Waals surface area contributed by atoms with Crippen LogP contribution < -0.4 is 5.32 Å². The number of anilines is 1. The quantitative estimate of drug-likeness (QED) is 0.518. The van der Waals surface area contributed by atoms with Crippen LogP contribution in [0.15, 0.2) is 66.7 Å². The van der Waals surface area contributed by atoms with Gasteiger partial charge in [-0.05, 0) is 12.5 Å². The first-order valence-corrected chi connectivity index (χ1v) is 9.02. The van der Waals surface area contributed by atoms with Gasteiger partial charge in [0.1, 0.15) is 5.82 Å². The van der Waals surface area contributed by atoms with Crippen LogP contribution in [-0.2, 0) is 4.74 Å². The van der Waals surface area contributed by atoms with Crippen molar-refractivity contribution in [2.75, 3.05) is 25.6 Å². The van der Waals surface area contributed by atoms with Gasteiger partial charge in [-0.2, -0.15) is 9.61 Å². The minimum Gasteiger partial charge on any atom is -0.383 e. The lowest BCUT2D eigenvalue weighted by molar-refractivity contribution is 0.210. The highest BCUT2D eigenvalue weighted by Crippen LogP contribution is 2.31. The SMILES string of the molecule is COCCNc1cc(-c2ccccc2)nc2c(-c3ccccc3)c(C)nn12. The fourth-order valence-electron chi connectivity index (χ4n) is 3.23. The van der Waals surface area contributed by atoms with Crippen LogP contribution in [0.2, 0.25) is 0 Å². The van der Waals surface area contributed by atoms with Crippen LogP contribution in [0.4, 0.5) is 5.82 Å². The molecular formula is C22H22N4O. The fraction of sp³-hybridized carbons (Fsp3) is 0.182. The zero-order chi connectivity index (χ0) is 18.6. The summed E-state index contributed by atoms with van der Waals surface area (Å²) in [6, 6.07) is 22.5. The molecule has 2 aromatic heterocycles. The normalized spacial score (nSPS) is 11.0. The molecule has 0 amide bonds. The highest BCUT2D eigenvalue weighted by Gasteiger charge is 2.17. The summed E-state index contributed by atoms with van der Waals surface area (Å²) in [5.74, 6) is 0.904. The number of nitrogens with one attached hydrogen (secondary N) is 1. The van der Waals surface area contributed by atoms with Gasteiger partial charge in [-0.25, -0.2) is 4.98 Å². The molecule has 0 saturated heterocycles. The van der Waals surface area contributed by atoms with Crippen LogP contribution in [-0.4, -0.2) is 34.9 Å². The van der Waals surface area contributed by atoms with Crippen molar-refractivity contribution in [1.82, 2.24) is 14.6 Å². The molecule has 27 heavy (non-hydrogen) atoms. The number of aryl methyl sites for hydroxylation is 1. The fourth-order valence-corrected chi connectivity index (χ4v) is 3.23. The van der Waals surface area contributed by atoms with Gasteiger partial charge < -0.3 is 10.1 Å². The second-order valence-corrected chi connectivity index (χ2v) is 6.37. The van der Waals surface area contributed by atoms with Gasteiger partial charge in [0.05, 0.1) is 18.0 Å². The second kappa shape index (κ2) is 7.60. The van der Waals surface area contributed by atoms with Gasteiger partial charge in [0.2, 0.25) is 0 Å². The van der Waals surface area contributed by atoms with E-state index >= 15 is 0 Å². The Morgan fingerprint density at radius 3 is 2.30 bits per heavy atom. The maximum Gasteiger partial charge on any atom is 0.166 e. The van der Waals surface area contributed by atoms with Crippen LogP contribution >= 0.6 is 0 Å². The topological polar surface area (TPSA) is 51.5 Å². The van der Waals surface area contributed by atoms with E-state index in [4.69, 9.17) is 14.8 Å². The molecule has 0 aliphatic rings.